The third kappa shape index (κ3) is 3.68. The molecular weight excluding hydrogens is 386 g/mol. The first-order valence-corrected chi connectivity index (χ1v) is 10.4. The van der Waals surface area contributed by atoms with E-state index < -0.39 is 6.23 Å². The van der Waals surface area contributed by atoms with E-state index in [4.69, 9.17) is 26.8 Å². The Bertz CT molecular complexity index is 1060. The number of halogens is 1. The van der Waals surface area contributed by atoms with Gasteiger partial charge in [-0.1, -0.05) is 29.8 Å². The molecule has 0 amide bonds. The molecule has 3 N–H and O–H groups in total. The summed E-state index contributed by atoms with van der Waals surface area (Å²) in [5, 5.41) is 2.03. The van der Waals surface area contributed by atoms with Crippen molar-refractivity contribution in [3.8, 4) is 11.5 Å². The van der Waals surface area contributed by atoms with Gasteiger partial charge in [0, 0.05) is 34.9 Å². The van der Waals surface area contributed by atoms with E-state index in [0.717, 1.165) is 53.5 Å². The molecule has 0 fully saturated rings. The lowest BCUT2D eigenvalue weighted by Crippen LogP contribution is -2.37. The van der Waals surface area contributed by atoms with Crippen LogP contribution in [0.3, 0.4) is 0 Å². The molecule has 0 saturated carbocycles. The second-order valence-corrected chi connectivity index (χ2v) is 8.13. The molecule has 0 radical (unpaired) electrons. The Kier molecular flexibility index (Phi) is 4.86. The summed E-state index contributed by atoms with van der Waals surface area (Å²) in [6.07, 6.45) is 9.47. The van der Waals surface area contributed by atoms with Gasteiger partial charge in [0.15, 0.2) is 17.7 Å². The normalized spacial score (nSPS) is 21.0. The van der Waals surface area contributed by atoms with E-state index in [9.17, 15) is 0 Å². The summed E-state index contributed by atoms with van der Waals surface area (Å²) in [7, 11) is 0. The standard InChI is InChI=1S/C23H24ClN3O2/c24-17-6-7-18-16(13-26-19(18)12-17)5-4-15-8-10-27(11-9-15)20-2-1-3-21-23(20)28-14-22(25)29-21/h1-3,6-8,10,12-13,15,22,26H,4-5,9,11,14,25H2. The number of rotatable bonds is 4. The van der Waals surface area contributed by atoms with Gasteiger partial charge in [0.2, 0.25) is 0 Å². The van der Waals surface area contributed by atoms with Gasteiger partial charge in [0.05, 0.1) is 5.69 Å². The van der Waals surface area contributed by atoms with Crippen LogP contribution in [0.1, 0.15) is 18.4 Å². The van der Waals surface area contributed by atoms with Gasteiger partial charge < -0.3 is 19.4 Å². The summed E-state index contributed by atoms with van der Waals surface area (Å²) in [5.41, 5.74) is 9.33. The van der Waals surface area contributed by atoms with Crippen molar-refractivity contribution < 1.29 is 9.47 Å². The minimum absolute atomic E-state index is 0.375. The number of allylic oxidation sites excluding steroid dienone is 1. The second-order valence-electron chi connectivity index (χ2n) is 7.70. The Labute approximate surface area is 175 Å². The van der Waals surface area contributed by atoms with Gasteiger partial charge in [-0.05, 0) is 55.0 Å². The predicted octanol–water partition coefficient (Wildman–Crippen LogP) is 4.85. The predicted molar refractivity (Wildman–Crippen MR) is 117 cm³/mol. The first-order chi connectivity index (χ1) is 14.2. The lowest BCUT2D eigenvalue weighted by molar-refractivity contribution is 0.0962. The smallest absolute Gasteiger partial charge is 0.185 e. The van der Waals surface area contributed by atoms with Crippen LogP contribution < -0.4 is 20.1 Å². The third-order valence-corrected chi connectivity index (χ3v) is 5.97. The maximum absolute atomic E-state index is 6.09. The number of aromatic amines is 1. The molecule has 5 nitrogen and oxygen atoms in total. The van der Waals surface area contributed by atoms with E-state index in [2.05, 4.69) is 40.5 Å². The fourth-order valence-corrected chi connectivity index (χ4v) is 4.35. The van der Waals surface area contributed by atoms with Gasteiger partial charge >= 0.3 is 0 Å². The number of hydrogen-bond acceptors (Lipinski definition) is 4. The van der Waals surface area contributed by atoms with Crippen LogP contribution >= 0.6 is 11.6 Å². The number of ether oxygens (including phenoxy) is 2. The van der Waals surface area contributed by atoms with E-state index in [1.54, 1.807) is 0 Å². The largest absolute Gasteiger partial charge is 0.482 e. The summed E-state index contributed by atoms with van der Waals surface area (Å²) >= 11 is 6.09. The zero-order valence-corrected chi connectivity index (χ0v) is 16.9. The highest BCUT2D eigenvalue weighted by Gasteiger charge is 2.24. The maximum atomic E-state index is 6.09. The van der Waals surface area contributed by atoms with E-state index in [0.29, 0.717) is 12.5 Å². The quantitative estimate of drug-likeness (QED) is 0.646. The number of anilines is 1. The molecular formula is C23H24ClN3O2. The SMILES string of the molecule is NC1COc2c(cccc2N2C=CC(CCc3c[nH]c4cc(Cl)ccc34)CC2)O1. The van der Waals surface area contributed by atoms with Crippen LogP contribution in [0.15, 0.2) is 54.9 Å². The Morgan fingerprint density at radius 2 is 2.17 bits per heavy atom. The molecule has 2 atom stereocenters. The van der Waals surface area contributed by atoms with Crippen LogP contribution in [-0.4, -0.2) is 24.4 Å². The second kappa shape index (κ2) is 7.65. The minimum atomic E-state index is -0.403. The zero-order chi connectivity index (χ0) is 19.8. The number of hydrogen-bond donors (Lipinski definition) is 2. The Hall–Kier alpha value is -2.63. The third-order valence-electron chi connectivity index (χ3n) is 5.73. The summed E-state index contributed by atoms with van der Waals surface area (Å²) < 4.78 is 11.6. The van der Waals surface area contributed by atoms with Gasteiger partial charge in [0.25, 0.3) is 0 Å². The molecule has 2 aromatic carbocycles. The number of aromatic nitrogens is 1. The number of fused-ring (bicyclic) bond motifs is 2. The lowest BCUT2D eigenvalue weighted by atomic mass is 9.94. The molecule has 0 spiro atoms. The van der Waals surface area contributed by atoms with Crippen LogP contribution in [0.5, 0.6) is 11.5 Å². The van der Waals surface area contributed by atoms with Crippen molar-refractivity contribution in [1.82, 2.24) is 4.98 Å². The summed E-state index contributed by atoms with van der Waals surface area (Å²) in [6.45, 7) is 1.33. The minimum Gasteiger partial charge on any atom is -0.482 e. The van der Waals surface area contributed by atoms with Gasteiger partial charge in [0.1, 0.15) is 6.61 Å². The highest BCUT2D eigenvalue weighted by molar-refractivity contribution is 6.31. The molecule has 0 bridgehead atoms. The molecule has 1 aromatic heterocycles. The van der Waals surface area contributed by atoms with Gasteiger partial charge in [-0.2, -0.15) is 0 Å². The maximum Gasteiger partial charge on any atom is 0.185 e. The molecule has 6 heteroatoms. The number of benzene rings is 2. The monoisotopic (exact) mass is 409 g/mol. The summed E-state index contributed by atoms with van der Waals surface area (Å²) in [5.74, 6) is 2.07. The van der Waals surface area contributed by atoms with Crippen molar-refractivity contribution in [2.45, 2.75) is 25.5 Å². The average molecular weight is 410 g/mol. The van der Waals surface area contributed by atoms with Crippen LogP contribution in [0, 0.1) is 5.92 Å². The molecule has 5 rings (SSSR count). The van der Waals surface area contributed by atoms with E-state index in [-0.39, 0.29) is 0 Å². The first-order valence-electron chi connectivity index (χ1n) is 10.1. The van der Waals surface area contributed by atoms with Gasteiger partial charge in [-0.25, -0.2) is 0 Å². The van der Waals surface area contributed by atoms with Crippen molar-refractivity contribution in [2.24, 2.45) is 11.7 Å². The molecule has 2 unspecified atom stereocenters. The summed E-state index contributed by atoms with van der Waals surface area (Å²) in [4.78, 5) is 5.57. The zero-order valence-electron chi connectivity index (χ0n) is 16.1. The molecule has 0 aliphatic carbocycles. The van der Waals surface area contributed by atoms with Crippen molar-refractivity contribution >= 4 is 28.2 Å². The van der Waals surface area contributed by atoms with Crippen molar-refractivity contribution in [2.75, 3.05) is 18.1 Å². The van der Waals surface area contributed by atoms with E-state index in [1.165, 1.54) is 10.9 Å². The molecule has 3 heterocycles. The lowest BCUT2D eigenvalue weighted by Gasteiger charge is -2.32. The van der Waals surface area contributed by atoms with Crippen LogP contribution in [-0.2, 0) is 6.42 Å². The number of nitrogens with one attached hydrogen (secondary N) is 1. The van der Waals surface area contributed by atoms with E-state index in [1.807, 2.05) is 24.3 Å². The molecule has 150 valence electrons. The van der Waals surface area contributed by atoms with E-state index >= 15 is 0 Å². The van der Waals surface area contributed by atoms with Gasteiger partial charge in [-0.15, -0.1) is 0 Å². The van der Waals surface area contributed by atoms with Crippen LogP contribution in [0.25, 0.3) is 10.9 Å². The highest BCUT2D eigenvalue weighted by Crippen LogP contribution is 2.41. The fraction of sp³-hybridized carbons (Fsp3) is 0.304. The van der Waals surface area contributed by atoms with Crippen molar-refractivity contribution in [3.05, 3.63) is 65.5 Å². The van der Waals surface area contributed by atoms with Crippen molar-refractivity contribution in [3.63, 3.8) is 0 Å². The molecule has 2 aliphatic heterocycles. The first kappa shape index (κ1) is 18.4. The van der Waals surface area contributed by atoms with Crippen molar-refractivity contribution in [1.29, 1.82) is 0 Å². The Morgan fingerprint density at radius 1 is 1.24 bits per heavy atom. The van der Waals surface area contributed by atoms with Crippen LogP contribution in [0.4, 0.5) is 5.69 Å². The number of para-hydroxylation sites is 1. The highest BCUT2D eigenvalue weighted by atomic mass is 35.5. The Morgan fingerprint density at radius 3 is 3.03 bits per heavy atom. The topological polar surface area (TPSA) is 63.5 Å². The van der Waals surface area contributed by atoms with Gasteiger partial charge in [-0.3, -0.25) is 5.73 Å². The number of nitrogens with zero attached hydrogens (tertiary/aromatic N) is 1. The molecule has 0 saturated heterocycles. The summed E-state index contributed by atoms with van der Waals surface area (Å²) in [6, 6.07) is 12.0. The average Bonchev–Trinajstić information content (AvgIpc) is 3.14. The number of H-pyrrole nitrogens is 1. The van der Waals surface area contributed by atoms with Crippen LogP contribution in [0.2, 0.25) is 5.02 Å². The molecule has 3 aromatic rings. The Balaban J connectivity index is 1.26. The number of aryl methyl sites for hydroxylation is 1. The molecule has 29 heavy (non-hydrogen) atoms. The molecule has 2 aliphatic rings. The number of nitrogens with two attached hydrogens (primary N) is 1. The fourth-order valence-electron chi connectivity index (χ4n) is 4.18.